The first kappa shape index (κ1) is 15.6. The summed E-state index contributed by atoms with van der Waals surface area (Å²) < 4.78 is 10.5. The van der Waals surface area contributed by atoms with Gasteiger partial charge in [0.05, 0.1) is 19.2 Å². The molecule has 1 aromatic heterocycles. The fraction of sp³-hybridized carbons (Fsp3) is 0.312. The number of pyridine rings is 1. The zero-order chi connectivity index (χ0) is 15.2. The van der Waals surface area contributed by atoms with Gasteiger partial charge < -0.3 is 14.8 Å². The van der Waals surface area contributed by atoms with Crippen LogP contribution in [0.4, 0.5) is 0 Å². The first-order valence-electron chi connectivity index (χ1n) is 6.66. The van der Waals surface area contributed by atoms with Gasteiger partial charge in [-0.3, -0.25) is 4.98 Å². The average Bonchev–Trinajstić information content (AvgIpc) is 2.48. The smallest absolute Gasteiger partial charge is 0.179 e. The SMILES string of the molecule is COc1cc(CNCc2cnccc2C)cc(Cl)c1OC. The standard InChI is InChI=1S/C16H19ClN2O2/c1-11-4-5-18-9-13(11)10-19-8-12-6-14(17)16(21-3)15(7-12)20-2/h4-7,9,19H,8,10H2,1-3H3. The second-order valence-electron chi connectivity index (χ2n) is 4.72. The highest BCUT2D eigenvalue weighted by molar-refractivity contribution is 6.32. The van der Waals surface area contributed by atoms with Gasteiger partial charge in [0.25, 0.3) is 0 Å². The summed E-state index contributed by atoms with van der Waals surface area (Å²) >= 11 is 6.19. The molecule has 0 amide bonds. The predicted molar refractivity (Wildman–Crippen MR) is 84.1 cm³/mol. The highest BCUT2D eigenvalue weighted by Gasteiger charge is 2.10. The lowest BCUT2D eigenvalue weighted by atomic mass is 10.1. The average molecular weight is 307 g/mol. The van der Waals surface area contributed by atoms with Crippen LogP contribution in [-0.2, 0) is 13.1 Å². The summed E-state index contributed by atoms with van der Waals surface area (Å²) in [4.78, 5) is 4.14. The van der Waals surface area contributed by atoms with Crippen LogP contribution in [0.2, 0.25) is 5.02 Å². The zero-order valence-electron chi connectivity index (χ0n) is 12.4. The van der Waals surface area contributed by atoms with Gasteiger partial charge in [-0.25, -0.2) is 0 Å². The van der Waals surface area contributed by atoms with Crippen molar-refractivity contribution in [3.8, 4) is 11.5 Å². The molecule has 0 saturated carbocycles. The van der Waals surface area contributed by atoms with Gasteiger partial charge in [-0.15, -0.1) is 0 Å². The minimum atomic E-state index is 0.547. The van der Waals surface area contributed by atoms with E-state index in [2.05, 4.69) is 17.2 Å². The maximum Gasteiger partial charge on any atom is 0.179 e. The van der Waals surface area contributed by atoms with Crippen molar-refractivity contribution < 1.29 is 9.47 Å². The number of nitrogens with zero attached hydrogens (tertiary/aromatic N) is 1. The second kappa shape index (κ2) is 7.29. The summed E-state index contributed by atoms with van der Waals surface area (Å²) in [5.74, 6) is 1.20. The van der Waals surface area contributed by atoms with Crippen LogP contribution in [0.3, 0.4) is 0 Å². The Balaban J connectivity index is 2.04. The van der Waals surface area contributed by atoms with Crippen LogP contribution in [0.25, 0.3) is 0 Å². The van der Waals surface area contributed by atoms with E-state index in [0.717, 1.165) is 12.1 Å². The van der Waals surface area contributed by atoms with Gasteiger partial charge in [-0.05, 0) is 41.8 Å². The van der Waals surface area contributed by atoms with Crippen LogP contribution in [0.1, 0.15) is 16.7 Å². The summed E-state index contributed by atoms with van der Waals surface area (Å²) in [5.41, 5.74) is 3.45. The van der Waals surface area contributed by atoms with E-state index >= 15 is 0 Å². The number of hydrogen-bond acceptors (Lipinski definition) is 4. The van der Waals surface area contributed by atoms with Crippen LogP contribution in [0, 0.1) is 6.92 Å². The summed E-state index contributed by atoms with van der Waals surface area (Å²) in [6, 6.07) is 5.81. The molecule has 5 heteroatoms. The van der Waals surface area contributed by atoms with Crippen molar-refractivity contribution in [2.45, 2.75) is 20.0 Å². The van der Waals surface area contributed by atoms with Crippen molar-refractivity contribution in [2.75, 3.05) is 14.2 Å². The Morgan fingerprint density at radius 1 is 1.19 bits per heavy atom. The van der Waals surface area contributed by atoms with Crippen LogP contribution < -0.4 is 14.8 Å². The van der Waals surface area contributed by atoms with Crippen LogP contribution in [0.15, 0.2) is 30.6 Å². The van der Waals surface area contributed by atoms with E-state index in [4.69, 9.17) is 21.1 Å². The molecule has 0 fully saturated rings. The number of ether oxygens (including phenoxy) is 2. The number of methoxy groups -OCH3 is 2. The normalized spacial score (nSPS) is 10.5. The number of aromatic nitrogens is 1. The monoisotopic (exact) mass is 306 g/mol. The van der Waals surface area contributed by atoms with Crippen molar-refractivity contribution in [1.82, 2.24) is 10.3 Å². The molecule has 4 nitrogen and oxygen atoms in total. The molecule has 1 aromatic carbocycles. The maximum atomic E-state index is 6.19. The molecule has 0 aliphatic rings. The van der Waals surface area contributed by atoms with Gasteiger partial charge in [-0.2, -0.15) is 0 Å². The number of nitrogens with one attached hydrogen (secondary N) is 1. The maximum absolute atomic E-state index is 6.19. The first-order chi connectivity index (χ1) is 10.2. The molecule has 0 aliphatic carbocycles. The second-order valence-corrected chi connectivity index (χ2v) is 5.13. The Morgan fingerprint density at radius 3 is 2.67 bits per heavy atom. The zero-order valence-corrected chi connectivity index (χ0v) is 13.2. The Kier molecular flexibility index (Phi) is 5.42. The lowest BCUT2D eigenvalue weighted by molar-refractivity contribution is 0.354. The minimum absolute atomic E-state index is 0.547. The van der Waals surface area contributed by atoms with Crippen molar-refractivity contribution in [3.63, 3.8) is 0 Å². The van der Waals surface area contributed by atoms with Gasteiger partial charge in [0.1, 0.15) is 0 Å². The number of halogens is 1. The molecule has 1 N–H and O–H groups in total. The van der Waals surface area contributed by atoms with Crippen LogP contribution in [0.5, 0.6) is 11.5 Å². The molecule has 0 bridgehead atoms. The predicted octanol–water partition coefficient (Wildman–Crippen LogP) is 3.35. The van der Waals surface area contributed by atoms with E-state index in [1.807, 2.05) is 24.4 Å². The third-order valence-electron chi connectivity index (χ3n) is 3.29. The molecule has 21 heavy (non-hydrogen) atoms. The van der Waals surface area contributed by atoms with E-state index in [0.29, 0.717) is 23.1 Å². The minimum Gasteiger partial charge on any atom is -0.493 e. The van der Waals surface area contributed by atoms with E-state index in [-0.39, 0.29) is 0 Å². The van der Waals surface area contributed by atoms with E-state index in [9.17, 15) is 0 Å². The van der Waals surface area contributed by atoms with Crippen molar-refractivity contribution in [3.05, 3.63) is 52.3 Å². The Bertz CT molecular complexity index is 617. The summed E-state index contributed by atoms with van der Waals surface area (Å²) in [6.45, 7) is 3.52. The fourth-order valence-corrected chi connectivity index (χ4v) is 2.41. The lowest BCUT2D eigenvalue weighted by Gasteiger charge is -2.12. The van der Waals surface area contributed by atoms with Gasteiger partial charge in [0, 0.05) is 25.5 Å². The first-order valence-corrected chi connectivity index (χ1v) is 7.04. The third-order valence-corrected chi connectivity index (χ3v) is 3.57. The Morgan fingerprint density at radius 2 is 2.00 bits per heavy atom. The summed E-state index contributed by atoms with van der Waals surface area (Å²) in [6.07, 6.45) is 3.68. The molecule has 0 spiro atoms. The summed E-state index contributed by atoms with van der Waals surface area (Å²) in [7, 11) is 3.18. The molecule has 0 atom stereocenters. The largest absolute Gasteiger partial charge is 0.493 e. The molecule has 0 unspecified atom stereocenters. The quantitative estimate of drug-likeness (QED) is 0.889. The molecule has 112 valence electrons. The molecule has 0 saturated heterocycles. The summed E-state index contributed by atoms with van der Waals surface area (Å²) in [5, 5.41) is 3.93. The molecular weight excluding hydrogens is 288 g/mol. The molecule has 2 aromatic rings. The Labute approximate surface area is 130 Å². The van der Waals surface area contributed by atoms with Crippen LogP contribution in [-0.4, -0.2) is 19.2 Å². The van der Waals surface area contributed by atoms with Gasteiger partial charge in [-0.1, -0.05) is 11.6 Å². The van der Waals surface area contributed by atoms with E-state index < -0.39 is 0 Å². The topological polar surface area (TPSA) is 43.4 Å². The molecule has 1 heterocycles. The molecule has 0 aliphatic heterocycles. The van der Waals surface area contributed by atoms with E-state index in [1.54, 1.807) is 20.4 Å². The van der Waals surface area contributed by atoms with E-state index in [1.165, 1.54) is 11.1 Å². The molecule has 0 radical (unpaired) electrons. The van der Waals surface area contributed by atoms with Gasteiger partial charge in [0.15, 0.2) is 11.5 Å². The highest BCUT2D eigenvalue weighted by atomic mass is 35.5. The van der Waals surface area contributed by atoms with Crippen molar-refractivity contribution in [1.29, 1.82) is 0 Å². The van der Waals surface area contributed by atoms with Gasteiger partial charge >= 0.3 is 0 Å². The van der Waals surface area contributed by atoms with Crippen LogP contribution >= 0.6 is 11.6 Å². The van der Waals surface area contributed by atoms with Crippen molar-refractivity contribution in [2.24, 2.45) is 0 Å². The number of benzene rings is 1. The Hall–Kier alpha value is -1.78. The number of aryl methyl sites for hydroxylation is 1. The third kappa shape index (κ3) is 3.86. The fourth-order valence-electron chi connectivity index (χ4n) is 2.10. The number of hydrogen-bond donors (Lipinski definition) is 1. The van der Waals surface area contributed by atoms with Crippen molar-refractivity contribution >= 4 is 11.6 Å². The number of rotatable bonds is 6. The molecule has 2 rings (SSSR count). The lowest BCUT2D eigenvalue weighted by Crippen LogP contribution is -2.14. The molecular formula is C16H19ClN2O2. The van der Waals surface area contributed by atoms with Gasteiger partial charge in [0.2, 0.25) is 0 Å². The highest BCUT2D eigenvalue weighted by Crippen LogP contribution is 2.35.